The Kier molecular flexibility index (Phi) is 2.99. The van der Waals surface area contributed by atoms with E-state index in [1.807, 2.05) is 36.1 Å². The largest absolute Gasteiger partial charge is 0.291 e. The molecule has 0 aromatic carbocycles. The molecule has 1 aliphatic carbocycles. The molecular formula is C17H17N5. The molecule has 3 aromatic rings. The molecule has 0 unspecified atom stereocenters. The summed E-state index contributed by atoms with van der Waals surface area (Å²) in [6.45, 7) is 4.08. The molecule has 3 aromatic heterocycles. The van der Waals surface area contributed by atoms with Gasteiger partial charge in [0.05, 0.1) is 0 Å². The van der Waals surface area contributed by atoms with Crippen LogP contribution in [0.2, 0.25) is 0 Å². The summed E-state index contributed by atoms with van der Waals surface area (Å²) in [5.74, 6) is 2.27. The minimum Gasteiger partial charge on any atom is -0.291 e. The first-order valence-corrected chi connectivity index (χ1v) is 7.55. The molecule has 0 bridgehead atoms. The fourth-order valence-corrected chi connectivity index (χ4v) is 2.72. The van der Waals surface area contributed by atoms with Crippen LogP contribution < -0.4 is 0 Å². The molecular weight excluding hydrogens is 274 g/mol. The van der Waals surface area contributed by atoms with Crippen molar-refractivity contribution in [2.24, 2.45) is 0 Å². The van der Waals surface area contributed by atoms with Gasteiger partial charge >= 0.3 is 0 Å². The first kappa shape index (κ1) is 13.1. The maximum Gasteiger partial charge on any atom is 0.233 e. The number of nitrogens with zero attached hydrogens (tertiary/aromatic N) is 5. The number of rotatable bonds is 3. The molecule has 4 rings (SSSR count). The second-order valence-electron chi connectivity index (χ2n) is 5.68. The SMILES string of the molecule is C/C=C(/c1cnc2nccn2c1)c1cnc(C2CC2)nc1C. The van der Waals surface area contributed by atoms with Crippen LogP contribution in [0, 0.1) is 6.92 Å². The van der Waals surface area contributed by atoms with Crippen LogP contribution in [-0.2, 0) is 0 Å². The lowest BCUT2D eigenvalue weighted by Crippen LogP contribution is -2.01. The lowest BCUT2D eigenvalue weighted by atomic mass is 10.0. The van der Waals surface area contributed by atoms with Gasteiger partial charge in [-0.15, -0.1) is 0 Å². The highest BCUT2D eigenvalue weighted by Crippen LogP contribution is 2.38. The summed E-state index contributed by atoms with van der Waals surface area (Å²) < 4.78 is 1.92. The van der Waals surface area contributed by atoms with E-state index in [1.54, 1.807) is 6.20 Å². The average molecular weight is 291 g/mol. The van der Waals surface area contributed by atoms with Gasteiger partial charge < -0.3 is 0 Å². The molecule has 0 saturated heterocycles. The predicted molar refractivity (Wildman–Crippen MR) is 84.5 cm³/mol. The topological polar surface area (TPSA) is 56.0 Å². The quantitative estimate of drug-likeness (QED) is 0.744. The van der Waals surface area contributed by atoms with Crippen molar-refractivity contribution >= 4 is 11.4 Å². The summed E-state index contributed by atoms with van der Waals surface area (Å²) in [4.78, 5) is 17.8. The van der Waals surface area contributed by atoms with Gasteiger partial charge in [0.15, 0.2) is 0 Å². The van der Waals surface area contributed by atoms with Gasteiger partial charge in [-0.1, -0.05) is 6.08 Å². The summed E-state index contributed by atoms with van der Waals surface area (Å²) in [7, 11) is 0. The highest BCUT2D eigenvalue weighted by atomic mass is 15.1. The Labute approximate surface area is 128 Å². The van der Waals surface area contributed by atoms with Gasteiger partial charge in [-0.3, -0.25) is 4.40 Å². The van der Waals surface area contributed by atoms with E-state index < -0.39 is 0 Å². The maximum atomic E-state index is 4.69. The van der Waals surface area contributed by atoms with Crippen molar-refractivity contribution in [2.45, 2.75) is 32.6 Å². The monoisotopic (exact) mass is 291 g/mol. The number of aryl methyl sites for hydroxylation is 1. The molecule has 5 heteroatoms. The fraction of sp³-hybridized carbons (Fsp3) is 0.294. The van der Waals surface area contributed by atoms with E-state index in [4.69, 9.17) is 4.98 Å². The number of hydrogen-bond acceptors (Lipinski definition) is 4. The van der Waals surface area contributed by atoms with E-state index in [0.29, 0.717) is 11.7 Å². The molecule has 0 aliphatic heterocycles. The van der Waals surface area contributed by atoms with Crippen molar-refractivity contribution in [3.05, 3.63) is 59.7 Å². The van der Waals surface area contributed by atoms with Crippen LogP contribution in [0.15, 0.2) is 37.1 Å². The Morgan fingerprint density at radius 1 is 1.23 bits per heavy atom. The minimum absolute atomic E-state index is 0.575. The van der Waals surface area contributed by atoms with Crippen LogP contribution in [0.4, 0.5) is 0 Å². The van der Waals surface area contributed by atoms with Crippen molar-refractivity contribution < 1.29 is 0 Å². The van der Waals surface area contributed by atoms with E-state index in [9.17, 15) is 0 Å². The molecule has 0 spiro atoms. The lowest BCUT2D eigenvalue weighted by molar-refractivity contribution is 0.901. The molecule has 110 valence electrons. The summed E-state index contributed by atoms with van der Waals surface area (Å²) in [5.41, 5.74) is 4.23. The van der Waals surface area contributed by atoms with E-state index in [0.717, 1.165) is 28.2 Å². The Bertz CT molecular complexity index is 874. The molecule has 0 N–H and O–H groups in total. The number of allylic oxidation sites excluding steroid dienone is 1. The Morgan fingerprint density at radius 2 is 2.09 bits per heavy atom. The second kappa shape index (κ2) is 5.02. The van der Waals surface area contributed by atoms with Crippen molar-refractivity contribution in [3.63, 3.8) is 0 Å². The molecule has 0 radical (unpaired) electrons. The first-order valence-electron chi connectivity index (χ1n) is 7.55. The first-order chi connectivity index (χ1) is 10.8. The number of hydrogen-bond donors (Lipinski definition) is 0. The normalized spacial score (nSPS) is 15.5. The van der Waals surface area contributed by atoms with Crippen LogP contribution in [0.3, 0.4) is 0 Å². The summed E-state index contributed by atoms with van der Waals surface area (Å²) in [6.07, 6.45) is 14.0. The Balaban J connectivity index is 1.77. The smallest absolute Gasteiger partial charge is 0.233 e. The summed E-state index contributed by atoms with van der Waals surface area (Å²) in [5, 5.41) is 0. The zero-order chi connectivity index (χ0) is 15.1. The lowest BCUT2D eigenvalue weighted by Gasteiger charge is -2.11. The molecule has 0 atom stereocenters. The second-order valence-corrected chi connectivity index (χ2v) is 5.68. The maximum absolute atomic E-state index is 4.69. The Morgan fingerprint density at radius 3 is 2.82 bits per heavy atom. The van der Waals surface area contributed by atoms with Gasteiger partial charge in [0.2, 0.25) is 5.78 Å². The number of imidazole rings is 1. The van der Waals surface area contributed by atoms with Gasteiger partial charge in [0.1, 0.15) is 5.82 Å². The number of fused-ring (bicyclic) bond motifs is 1. The third kappa shape index (κ3) is 2.19. The molecule has 3 heterocycles. The third-order valence-electron chi connectivity index (χ3n) is 4.08. The van der Waals surface area contributed by atoms with Crippen LogP contribution in [0.25, 0.3) is 11.4 Å². The zero-order valence-electron chi connectivity index (χ0n) is 12.7. The number of aromatic nitrogens is 5. The summed E-state index contributed by atoms with van der Waals surface area (Å²) >= 11 is 0. The standard InChI is InChI=1S/C17H17N5/c1-3-14(13-8-20-17-18-6-7-22(17)10-13)15-9-19-16(12-4-5-12)21-11(15)2/h3,6-10,12H,4-5H2,1-2H3/b14-3-. The molecule has 0 amide bonds. The molecule has 5 nitrogen and oxygen atoms in total. The van der Waals surface area contributed by atoms with Crippen LogP contribution in [0.1, 0.15) is 48.3 Å². The van der Waals surface area contributed by atoms with Crippen molar-refractivity contribution in [3.8, 4) is 0 Å². The molecule has 1 saturated carbocycles. The predicted octanol–water partition coefficient (Wildman–Crippen LogP) is 3.16. The minimum atomic E-state index is 0.575. The van der Waals surface area contributed by atoms with Gasteiger partial charge in [-0.05, 0) is 32.3 Å². The summed E-state index contributed by atoms with van der Waals surface area (Å²) in [6, 6.07) is 0. The van der Waals surface area contributed by atoms with E-state index in [1.165, 1.54) is 12.8 Å². The Hall–Kier alpha value is -2.56. The van der Waals surface area contributed by atoms with Crippen molar-refractivity contribution in [1.29, 1.82) is 0 Å². The molecule has 22 heavy (non-hydrogen) atoms. The van der Waals surface area contributed by atoms with Gasteiger partial charge in [-0.2, -0.15) is 0 Å². The van der Waals surface area contributed by atoms with Crippen LogP contribution in [0.5, 0.6) is 0 Å². The van der Waals surface area contributed by atoms with E-state index >= 15 is 0 Å². The fourth-order valence-electron chi connectivity index (χ4n) is 2.72. The highest BCUT2D eigenvalue weighted by molar-refractivity contribution is 5.79. The van der Waals surface area contributed by atoms with Crippen molar-refractivity contribution in [2.75, 3.05) is 0 Å². The van der Waals surface area contributed by atoms with Gasteiger partial charge in [-0.25, -0.2) is 19.9 Å². The van der Waals surface area contributed by atoms with E-state index in [-0.39, 0.29) is 0 Å². The van der Waals surface area contributed by atoms with Gasteiger partial charge in [0, 0.05) is 53.7 Å². The van der Waals surface area contributed by atoms with Crippen LogP contribution in [-0.4, -0.2) is 24.3 Å². The zero-order valence-corrected chi connectivity index (χ0v) is 12.7. The average Bonchev–Trinajstić information content (AvgIpc) is 3.27. The van der Waals surface area contributed by atoms with E-state index in [2.05, 4.69) is 28.0 Å². The highest BCUT2D eigenvalue weighted by Gasteiger charge is 2.27. The molecule has 1 fully saturated rings. The van der Waals surface area contributed by atoms with Crippen LogP contribution >= 0.6 is 0 Å². The molecule has 1 aliphatic rings. The van der Waals surface area contributed by atoms with Crippen molar-refractivity contribution in [1.82, 2.24) is 24.3 Å². The third-order valence-corrected chi connectivity index (χ3v) is 4.08. The van der Waals surface area contributed by atoms with Gasteiger partial charge in [0.25, 0.3) is 0 Å².